The molecule has 0 saturated heterocycles. The lowest BCUT2D eigenvalue weighted by molar-refractivity contribution is -0.139. The van der Waals surface area contributed by atoms with Crippen molar-refractivity contribution in [3.05, 3.63) is 58.6 Å². The monoisotopic (exact) mass is 565 g/mol. The third kappa shape index (κ3) is 7.20. The number of halogens is 1. The maximum atomic E-state index is 13.6. The fraction of sp³-hybridized carbons (Fsp3) is 0.440. The Morgan fingerprint density at radius 1 is 1.14 bits per heavy atom. The normalized spacial score (nSPS) is 14.9. The second-order valence-electron chi connectivity index (χ2n) is 8.76. The minimum atomic E-state index is -3.78. The second kappa shape index (κ2) is 11.9. The molecule has 1 saturated carbocycles. The Bertz CT molecular complexity index is 1150. The van der Waals surface area contributed by atoms with Crippen molar-refractivity contribution in [1.29, 1.82) is 0 Å². The summed E-state index contributed by atoms with van der Waals surface area (Å²) in [5, 5.41) is 3.05. The summed E-state index contributed by atoms with van der Waals surface area (Å²) in [5.41, 5.74) is 1.12. The standard InChI is InChI=1S/C25H32BrN3O5S/c1-18(25(31)27-20-10-4-5-11-20)28(16-19-9-8-12-21(15-19)34-2)24(30)17-29(35(3,32)33)23-14-7-6-13-22(23)26/h6-9,12-15,18,20H,4-5,10-11,16-17H2,1-3H3,(H,27,31)/t18-/m0/s1. The van der Waals surface area contributed by atoms with Gasteiger partial charge < -0.3 is 15.0 Å². The van der Waals surface area contributed by atoms with Crippen LogP contribution in [-0.4, -0.2) is 57.1 Å². The number of amides is 2. The van der Waals surface area contributed by atoms with Crippen molar-refractivity contribution >= 4 is 43.5 Å². The van der Waals surface area contributed by atoms with Gasteiger partial charge in [0.1, 0.15) is 18.3 Å². The average molecular weight is 567 g/mol. The van der Waals surface area contributed by atoms with Crippen LogP contribution in [-0.2, 0) is 26.2 Å². The van der Waals surface area contributed by atoms with Crippen molar-refractivity contribution in [2.45, 2.75) is 51.2 Å². The van der Waals surface area contributed by atoms with E-state index < -0.39 is 28.5 Å². The summed E-state index contributed by atoms with van der Waals surface area (Å²) in [4.78, 5) is 28.1. The van der Waals surface area contributed by atoms with Gasteiger partial charge in [-0.25, -0.2) is 8.42 Å². The number of carbonyl (C=O) groups is 2. The predicted molar refractivity (Wildman–Crippen MR) is 140 cm³/mol. The molecule has 35 heavy (non-hydrogen) atoms. The van der Waals surface area contributed by atoms with Crippen molar-refractivity contribution < 1.29 is 22.7 Å². The van der Waals surface area contributed by atoms with E-state index in [1.807, 2.05) is 12.1 Å². The van der Waals surface area contributed by atoms with E-state index in [0.29, 0.717) is 15.9 Å². The highest BCUT2D eigenvalue weighted by atomic mass is 79.9. The van der Waals surface area contributed by atoms with Crippen LogP contribution in [0.2, 0.25) is 0 Å². The van der Waals surface area contributed by atoms with Gasteiger partial charge in [-0.2, -0.15) is 0 Å². The molecule has 190 valence electrons. The molecule has 3 rings (SSSR count). The third-order valence-corrected chi connectivity index (χ3v) is 7.95. The number of hydrogen-bond acceptors (Lipinski definition) is 5. The van der Waals surface area contributed by atoms with Gasteiger partial charge in [-0.3, -0.25) is 13.9 Å². The van der Waals surface area contributed by atoms with Crippen LogP contribution in [0, 0.1) is 0 Å². The first-order chi connectivity index (χ1) is 16.6. The highest BCUT2D eigenvalue weighted by Crippen LogP contribution is 2.28. The molecule has 10 heteroatoms. The lowest BCUT2D eigenvalue weighted by atomic mass is 10.1. The van der Waals surface area contributed by atoms with Crippen LogP contribution in [0.25, 0.3) is 0 Å². The van der Waals surface area contributed by atoms with Crippen molar-refractivity contribution in [3.8, 4) is 5.75 Å². The Balaban J connectivity index is 1.90. The molecule has 2 aromatic rings. The highest BCUT2D eigenvalue weighted by Gasteiger charge is 2.31. The topological polar surface area (TPSA) is 96.0 Å². The maximum Gasteiger partial charge on any atom is 0.244 e. The number of carbonyl (C=O) groups excluding carboxylic acids is 2. The average Bonchev–Trinajstić information content (AvgIpc) is 3.33. The maximum absolute atomic E-state index is 13.6. The fourth-order valence-electron chi connectivity index (χ4n) is 4.19. The zero-order valence-electron chi connectivity index (χ0n) is 20.2. The summed E-state index contributed by atoms with van der Waals surface area (Å²) < 4.78 is 32.2. The van der Waals surface area contributed by atoms with E-state index >= 15 is 0 Å². The molecule has 0 unspecified atom stereocenters. The number of anilines is 1. The molecule has 1 aliphatic rings. The molecule has 1 fully saturated rings. The molecule has 1 atom stereocenters. The van der Waals surface area contributed by atoms with Gasteiger partial charge in [0.2, 0.25) is 21.8 Å². The van der Waals surface area contributed by atoms with E-state index in [-0.39, 0.29) is 18.5 Å². The molecule has 0 spiro atoms. The Morgan fingerprint density at radius 2 is 1.83 bits per heavy atom. The van der Waals surface area contributed by atoms with Crippen LogP contribution >= 0.6 is 15.9 Å². The number of hydrogen-bond donors (Lipinski definition) is 1. The Labute approximate surface area is 215 Å². The molecule has 0 heterocycles. The molecule has 2 amide bonds. The summed E-state index contributed by atoms with van der Waals surface area (Å²) in [7, 11) is -2.22. The highest BCUT2D eigenvalue weighted by molar-refractivity contribution is 9.10. The molecule has 8 nitrogen and oxygen atoms in total. The Kier molecular flexibility index (Phi) is 9.18. The molecular weight excluding hydrogens is 534 g/mol. The van der Waals surface area contributed by atoms with E-state index in [0.717, 1.165) is 41.8 Å². The molecule has 0 aliphatic heterocycles. The van der Waals surface area contributed by atoms with Gasteiger partial charge in [0, 0.05) is 17.1 Å². The fourth-order valence-corrected chi connectivity index (χ4v) is 5.67. The molecule has 0 aromatic heterocycles. The molecule has 1 N–H and O–H groups in total. The van der Waals surface area contributed by atoms with Crippen LogP contribution in [0.5, 0.6) is 5.75 Å². The summed E-state index contributed by atoms with van der Waals surface area (Å²) >= 11 is 3.38. The first-order valence-electron chi connectivity index (χ1n) is 11.5. The number of benzene rings is 2. The van der Waals surface area contributed by atoms with Gasteiger partial charge in [-0.1, -0.05) is 37.1 Å². The van der Waals surface area contributed by atoms with Crippen LogP contribution in [0.1, 0.15) is 38.2 Å². The number of ether oxygens (including phenoxy) is 1. The Hall–Kier alpha value is -2.59. The third-order valence-electron chi connectivity index (χ3n) is 6.16. The van der Waals surface area contributed by atoms with Crippen molar-refractivity contribution in [2.24, 2.45) is 0 Å². The van der Waals surface area contributed by atoms with Gasteiger partial charge in [0.15, 0.2) is 0 Å². The molecule has 0 bridgehead atoms. The van der Waals surface area contributed by atoms with E-state index in [1.54, 1.807) is 50.4 Å². The summed E-state index contributed by atoms with van der Waals surface area (Å²) in [6.45, 7) is 1.36. The van der Waals surface area contributed by atoms with Gasteiger partial charge >= 0.3 is 0 Å². The molecular formula is C25H32BrN3O5S. The first-order valence-corrected chi connectivity index (χ1v) is 14.2. The Morgan fingerprint density at radius 3 is 2.46 bits per heavy atom. The van der Waals surface area contributed by atoms with Crippen LogP contribution in [0.3, 0.4) is 0 Å². The van der Waals surface area contributed by atoms with Gasteiger partial charge in [-0.05, 0) is 65.5 Å². The number of nitrogens with one attached hydrogen (secondary N) is 1. The number of sulfonamides is 1. The quantitative estimate of drug-likeness (QED) is 0.473. The minimum Gasteiger partial charge on any atom is -0.497 e. The number of nitrogens with zero attached hydrogens (tertiary/aromatic N) is 2. The lowest BCUT2D eigenvalue weighted by Crippen LogP contribution is -2.52. The smallest absolute Gasteiger partial charge is 0.244 e. The largest absolute Gasteiger partial charge is 0.497 e. The molecule has 1 aliphatic carbocycles. The second-order valence-corrected chi connectivity index (χ2v) is 11.5. The van der Waals surface area contributed by atoms with E-state index in [1.165, 1.54) is 4.90 Å². The molecule has 2 aromatic carbocycles. The van der Waals surface area contributed by atoms with Crippen LogP contribution in [0.4, 0.5) is 5.69 Å². The predicted octanol–water partition coefficient (Wildman–Crippen LogP) is 3.70. The summed E-state index contributed by atoms with van der Waals surface area (Å²) in [5.74, 6) is -0.105. The lowest BCUT2D eigenvalue weighted by Gasteiger charge is -2.32. The minimum absolute atomic E-state index is 0.103. The zero-order chi connectivity index (χ0) is 25.6. The van der Waals surface area contributed by atoms with Crippen molar-refractivity contribution in [3.63, 3.8) is 0 Å². The molecule has 0 radical (unpaired) electrons. The van der Waals surface area contributed by atoms with E-state index in [4.69, 9.17) is 4.74 Å². The van der Waals surface area contributed by atoms with E-state index in [2.05, 4.69) is 21.2 Å². The van der Waals surface area contributed by atoms with Crippen molar-refractivity contribution in [1.82, 2.24) is 10.2 Å². The van der Waals surface area contributed by atoms with E-state index in [9.17, 15) is 18.0 Å². The summed E-state index contributed by atoms with van der Waals surface area (Å²) in [6, 6.07) is 13.4. The summed E-state index contributed by atoms with van der Waals surface area (Å²) in [6.07, 6.45) is 5.04. The van der Waals surface area contributed by atoms with Gasteiger partial charge in [0.05, 0.1) is 19.1 Å². The van der Waals surface area contributed by atoms with Gasteiger partial charge in [0.25, 0.3) is 0 Å². The van der Waals surface area contributed by atoms with Gasteiger partial charge in [-0.15, -0.1) is 0 Å². The SMILES string of the molecule is COc1cccc(CN(C(=O)CN(c2ccccc2Br)S(C)(=O)=O)[C@@H](C)C(=O)NC2CCCC2)c1. The number of rotatable bonds is 10. The van der Waals surface area contributed by atoms with Crippen molar-refractivity contribution in [2.75, 3.05) is 24.2 Å². The number of para-hydroxylation sites is 1. The van der Waals surface area contributed by atoms with Crippen LogP contribution < -0.4 is 14.4 Å². The zero-order valence-corrected chi connectivity index (χ0v) is 22.6. The first kappa shape index (κ1) is 27.0. The number of methoxy groups -OCH3 is 1. The van der Waals surface area contributed by atoms with Crippen LogP contribution in [0.15, 0.2) is 53.0 Å².